The van der Waals surface area contributed by atoms with Gasteiger partial charge in [0.05, 0.1) is 0 Å². The van der Waals surface area contributed by atoms with E-state index < -0.39 is 0 Å². The smallest absolute Gasteiger partial charge is 0.0148 e. The van der Waals surface area contributed by atoms with E-state index in [9.17, 15) is 0 Å². The van der Waals surface area contributed by atoms with Crippen molar-refractivity contribution in [2.75, 3.05) is 0 Å². The second kappa shape index (κ2) is 11.5. The quantitative estimate of drug-likeness (QED) is 0.519. The molecule has 0 aromatic carbocycles. The number of alkyl halides is 1. The van der Waals surface area contributed by atoms with Gasteiger partial charge in [0.2, 0.25) is 0 Å². The Bertz CT molecular complexity index is 63.4. The zero-order valence-electron chi connectivity index (χ0n) is 9.36. The maximum atomic E-state index is 3.63. The SMILES string of the molecule is CC.CC.CC1CCCC(Br)C1. The van der Waals surface area contributed by atoms with Gasteiger partial charge in [-0.3, -0.25) is 0 Å². The fourth-order valence-electron chi connectivity index (χ4n) is 1.36. The molecular formula is C11H25Br. The molecule has 2 atom stereocenters. The number of hydrogen-bond donors (Lipinski definition) is 0. The van der Waals surface area contributed by atoms with E-state index in [1.807, 2.05) is 27.7 Å². The molecule has 1 fully saturated rings. The molecule has 1 saturated carbocycles. The van der Waals surface area contributed by atoms with Crippen LogP contribution >= 0.6 is 15.9 Å². The van der Waals surface area contributed by atoms with Gasteiger partial charge in [0.25, 0.3) is 0 Å². The van der Waals surface area contributed by atoms with E-state index in [1.165, 1.54) is 25.7 Å². The Kier molecular flexibility index (Phi) is 14.3. The highest BCUT2D eigenvalue weighted by Gasteiger charge is 2.14. The second-order valence-electron chi connectivity index (χ2n) is 2.87. The van der Waals surface area contributed by atoms with E-state index in [4.69, 9.17) is 0 Å². The van der Waals surface area contributed by atoms with Crippen molar-refractivity contribution in [1.82, 2.24) is 0 Å². The van der Waals surface area contributed by atoms with Crippen LogP contribution < -0.4 is 0 Å². The molecule has 0 heterocycles. The first-order chi connectivity index (χ1) is 5.79. The molecule has 0 spiro atoms. The molecule has 0 nitrogen and oxygen atoms in total. The highest BCUT2D eigenvalue weighted by atomic mass is 79.9. The molecule has 12 heavy (non-hydrogen) atoms. The lowest BCUT2D eigenvalue weighted by atomic mass is 9.91. The molecular weight excluding hydrogens is 212 g/mol. The van der Waals surface area contributed by atoms with Crippen LogP contribution in [0.1, 0.15) is 60.3 Å². The van der Waals surface area contributed by atoms with Crippen molar-refractivity contribution in [3.05, 3.63) is 0 Å². The van der Waals surface area contributed by atoms with E-state index in [1.54, 1.807) is 0 Å². The first-order valence-corrected chi connectivity index (χ1v) is 6.34. The molecule has 0 N–H and O–H groups in total. The van der Waals surface area contributed by atoms with Crippen molar-refractivity contribution in [2.45, 2.75) is 65.1 Å². The Morgan fingerprint density at radius 1 is 1.00 bits per heavy atom. The highest BCUT2D eigenvalue weighted by Crippen LogP contribution is 2.27. The minimum absolute atomic E-state index is 0.825. The Balaban J connectivity index is 0. The van der Waals surface area contributed by atoms with Gasteiger partial charge in [0, 0.05) is 4.83 Å². The molecule has 2 unspecified atom stereocenters. The van der Waals surface area contributed by atoms with Gasteiger partial charge < -0.3 is 0 Å². The van der Waals surface area contributed by atoms with Crippen LogP contribution in [-0.4, -0.2) is 4.83 Å². The van der Waals surface area contributed by atoms with Crippen LogP contribution in [0.2, 0.25) is 0 Å². The van der Waals surface area contributed by atoms with Crippen molar-refractivity contribution >= 4 is 15.9 Å². The largest absolute Gasteiger partial charge is 0.0891 e. The van der Waals surface area contributed by atoms with Crippen molar-refractivity contribution < 1.29 is 0 Å². The molecule has 0 saturated heterocycles. The summed E-state index contributed by atoms with van der Waals surface area (Å²) in [6.45, 7) is 10.3. The zero-order valence-corrected chi connectivity index (χ0v) is 10.9. The fourth-order valence-corrected chi connectivity index (χ4v) is 2.32. The van der Waals surface area contributed by atoms with Gasteiger partial charge >= 0.3 is 0 Å². The lowest BCUT2D eigenvalue weighted by Crippen LogP contribution is -2.11. The van der Waals surface area contributed by atoms with Crippen molar-refractivity contribution in [3.8, 4) is 0 Å². The number of rotatable bonds is 0. The van der Waals surface area contributed by atoms with Gasteiger partial charge in [0.1, 0.15) is 0 Å². The van der Waals surface area contributed by atoms with Gasteiger partial charge in [-0.05, 0) is 18.8 Å². The molecule has 0 radical (unpaired) electrons. The Morgan fingerprint density at radius 3 is 1.75 bits per heavy atom. The van der Waals surface area contributed by atoms with Crippen molar-refractivity contribution in [2.24, 2.45) is 5.92 Å². The molecule has 0 amide bonds. The normalized spacial score (nSPS) is 27.5. The predicted octanol–water partition coefficient (Wildman–Crippen LogP) is 5.01. The van der Waals surface area contributed by atoms with E-state index in [0.717, 1.165) is 10.7 Å². The topological polar surface area (TPSA) is 0 Å². The fraction of sp³-hybridized carbons (Fsp3) is 1.00. The highest BCUT2D eigenvalue weighted by molar-refractivity contribution is 9.09. The standard InChI is InChI=1S/C7H13Br.2C2H6/c1-6-3-2-4-7(8)5-6;2*1-2/h6-7H,2-5H2,1H3;2*1-2H3. The first kappa shape index (κ1) is 15.0. The lowest BCUT2D eigenvalue weighted by molar-refractivity contribution is 0.398. The van der Waals surface area contributed by atoms with E-state index in [0.29, 0.717) is 0 Å². The Morgan fingerprint density at radius 2 is 1.50 bits per heavy atom. The lowest BCUT2D eigenvalue weighted by Gasteiger charge is -2.21. The summed E-state index contributed by atoms with van der Waals surface area (Å²) in [5.74, 6) is 0.966. The number of hydrogen-bond acceptors (Lipinski definition) is 0. The van der Waals surface area contributed by atoms with Crippen LogP contribution in [0.4, 0.5) is 0 Å². The molecule has 1 heteroatoms. The molecule has 76 valence electrons. The summed E-state index contributed by atoms with van der Waals surface area (Å²) in [6.07, 6.45) is 5.66. The van der Waals surface area contributed by atoms with Crippen LogP contribution in [0.3, 0.4) is 0 Å². The molecule has 0 aliphatic heterocycles. The molecule has 1 aliphatic carbocycles. The van der Waals surface area contributed by atoms with Gasteiger partial charge in [-0.1, -0.05) is 63.4 Å². The summed E-state index contributed by atoms with van der Waals surface area (Å²) in [5, 5.41) is 0. The summed E-state index contributed by atoms with van der Waals surface area (Å²) in [6, 6.07) is 0. The molecule has 0 aromatic heterocycles. The maximum absolute atomic E-state index is 3.63. The van der Waals surface area contributed by atoms with Crippen LogP contribution in [0.25, 0.3) is 0 Å². The minimum atomic E-state index is 0.825. The molecule has 1 rings (SSSR count). The third-order valence-electron chi connectivity index (χ3n) is 1.87. The third kappa shape index (κ3) is 8.58. The van der Waals surface area contributed by atoms with Gasteiger partial charge in [-0.15, -0.1) is 0 Å². The predicted molar refractivity (Wildman–Crippen MR) is 63.0 cm³/mol. The molecule has 1 aliphatic rings. The van der Waals surface area contributed by atoms with Crippen LogP contribution in [0.5, 0.6) is 0 Å². The van der Waals surface area contributed by atoms with Crippen LogP contribution in [0.15, 0.2) is 0 Å². The summed E-state index contributed by atoms with van der Waals surface area (Å²) in [5.41, 5.74) is 0. The third-order valence-corrected chi connectivity index (χ3v) is 2.70. The zero-order chi connectivity index (χ0) is 9.98. The summed E-state index contributed by atoms with van der Waals surface area (Å²) >= 11 is 3.63. The molecule has 0 bridgehead atoms. The first-order valence-electron chi connectivity index (χ1n) is 5.43. The van der Waals surface area contributed by atoms with Crippen LogP contribution in [-0.2, 0) is 0 Å². The summed E-state index contributed by atoms with van der Waals surface area (Å²) < 4.78 is 0. The second-order valence-corrected chi connectivity index (χ2v) is 4.16. The average Bonchev–Trinajstić information content (AvgIpc) is 2.11. The molecule has 0 aromatic rings. The number of halogens is 1. The monoisotopic (exact) mass is 236 g/mol. The van der Waals surface area contributed by atoms with E-state index in [-0.39, 0.29) is 0 Å². The summed E-state index contributed by atoms with van der Waals surface area (Å²) in [4.78, 5) is 0.825. The van der Waals surface area contributed by atoms with E-state index in [2.05, 4.69) is 22.9 Å². The van der Waals surface area contributed by atoms with Crippen molar-refractivity contribution in [3.63, 3.8) is 0 Å². The summed E-state index contributed by atoms with van der Waals surface area (Å²) in [7, 11) is 0. The maximum Gasteiger partial charge on any atom is 0.0148 e. The average molecular weight is 237 g/mol. The van der Waals surface area contributed by atoms with Gasteiger partial charge in [0.15, 0.2) is 0 Å². The van der Waals surface area contributed by atoms with Crippen LogP contribution in [0, 0.1) is 5.92 Å². The van der Waals surface area contributed by atoms with Gasteiger partial charge in [-0.2, -0.15) is 0 Å². The minimum Gasteiger partial charge on any atom is -0.0891 e. The Hall–Kier alpha value is 0.480. The van der Waals surface area contributed by atoms with Gasteiger partial charge in [-0.25, -0.2) is 0 Å². The van der Waals surface area contributed by atoms with E-state index >= 15 is 0 Å². The van der Waals surface area contributed by atoms with Crippen molar-refractivity contribution in [1.29, 1.82) is 0 Å². The Labute approximate surface area is 87.3 Å².